The van der Waals surface area contributed by atoms with E-state index < -0.39 is 4.92 Å². The molecule has 0 saturated heterocycles. The fourth-order valence-electron chi connectivity index (χ4n) is 2.59. The summed E-state index contributed by atoms with van der Waals surface area (Å²) in [5.74, 6) is -0.346. The summed E-state index contributed by atoms with van der Waals surface area (Å²) in [6.45, 7) is 2.84. The van der Waals surface area contributed by atoms with E-state index in [0.717, 1.165) is 11.1 Å². The first-order chi connectivity index (χ1) is 12.5. The molecule has 0 unspecified atom stereocenters. The van der Waals surface area contributed by atoms with Crippen LogP contribution in [0, 0.1) is 17.0 Å². The minimum absolute atomic E-state index is 0.00852. The zero-order chi connectivity index (χ0) is 18.7. The predicted molar refractivity (Wildman–Crippen MR) is 99.4 cm³/mol. The van der Waals surface area contributed by atoms with Gasteiger partial charge in [-0.3, -0.25) is 14.9 Å². The molecule has 134 valence electrons. The first-order valence-corrected chi connectivity index (χ1v) is 8.73. The lowest BCUT2D eigenvalue weighted by molar-refractivity contribution is -0.384. The third-order valence-electron chi connectivity index (χ3n) is 3.86. The maximum absolute atomic E-state index is 12.5. The first kappa shape index (κ1) is 18.0. The van der Waals surface area contributed by atoms with E-state index in [-0.39, 0.29) is 11.6 Å². The molecule has 1 heterocycles. The van der Waals surface area contributed by atoms with Crippen molar-refractivity contribution in [1.29, 1.82) is 0 Å². The van der Waals surface area contributed by atoms with Gasteiger partial charge in [-0.05, 0) is 25.1 Å². The number of amides is 1. The van der Waals surface area contributed by atoms with Crippen molar-refractivity contribution in [3.8, 4) is 0 Å². The van der Waals surface area contributed by atoms with E-state index in [1.54, 1.807) is 25.3 Å². The quantitative estimate of drug-likeness (QED) is 0.508. The fourth-order valence-corrected chi connectivity index (χ4v) is 3.68. The number of rotatable bonds is 5. The molecule has 3 aromatic rings. The smallest absolute Gasteiger partial charge is 0.279 e. The van der Waals surface area contributed by atoms with Crippen LogP contribution < -0.4 is 4.80 Å². The average molecular weight is 371 g/mol. The van der Waals surface area contributed by atoms with Crippen LogP contribution in [0.4, 0.5) is 5.69 Å². The number of ether oxygens (including phenoxy) is 1. The van der Waals surface area contributed by atoms with Crippen LogP contribution in [0.15, 0.2) is 47.5 Å². The second-order valence-electron chi connectivity index (χ2n) is 5.72. The number of methoxy groups -OCH3 is 1. The summed E-state index contributed by atoms with van der Waals surface area (Å²) in [5, 5.41) is 11.0. The molecule has 3 rings (SSSR count). The summed E-state index contributed by atoms with van der Waals surface area (Å²) in [7, 11) is 1.59. The molecule has 0 saturated carbocycles. The van der Waals surface area contributed by atoms with Gasteiger partial charge < -0.3 is 9.30 Å². The second-order valence-corrected chi connectivity index (χ2v) is 6.73. The van der Waals surface area contributed by atoms with Gasteiger partial charge in [-0.25, -0.2) is 0 Å². The van der Waals surface area contributed by atoms with Crippen LogP contribution in [0.25, 0.3) is 10.2 Å². The van der Waals surface area contributed by atoms with E-state index in [0.29, 0.717) is 28.2 Å². The van der Waals surface area contributed by atoms with Crippen LogP contribution in [0.1, 0.15) is 15.9 Å². The number of thiazole rings is 1. The molecule has 0 spiro atoms. The third kappa shape index (κ3) is 3.71. The van der Waals surface area contributed by atoms with Crippen LogP contribution in [0.2, 0.25) is 0 Å². The summed E-state index contributed by atoms with van der Waals surface area (Å²) in [4.78, 5) is 27.8. The number of aromatic nitrogens is 1. The number of carbonyl (C=O) groups excluding carboxylic acids is 1. The standard InChI is InChI=1S/C18H17N3O4S/c1-12-4-3-5-13(10-12)17(22)19-18-20(8-9-25-2)15-7-6-14(21(23)24)11-16(15)26-18/h3-7,10-11H,8-9H2,1-2H3. The van der Waals surface area contributed by atoms with Crippen molar-refractivity contribution >= 4 is 33.1 Å². The molecule has 0 aliphatic carbocycles. The molecule has 0 aliphatic heterocycles. The molecule has 0 fully saturated rings. The van der Waals surface area contributed by atoms with Crippen LogP contribution in [-0.2, 0) is 11.3 Å². The van der Waals surface area contributed by atoms with E-state index in [1.165, 1.54) is 23.5 Å². The van der Waals surface area contributed by atoms with E-state index >= 15 is 0 Å². The van der Waals surface area contributed by atoms with Gasteiger partial charge in [-0.15, -0.1) is 0 Å². The van der Waals surface area contributed by atoms with Crippen molar-refractivity contribution in [3.05, 3.63) is 68.5 Å². The monoisotopic (exact) mass is 371 g/mol. The lowest BCUT2D eigenvalue weighted by atomic mass is 10.1. The summed E-state index contributed by atoms with van der Waals surface area (Å²) in [6.07, 6.45) is 0. The number of non-ortho nitro benzene ring substituents is 1. The normalized spacial score (nSPS) is 11.8. The molecule has 8 heteroatoms. The number of nitro groups is 1. The lowest BCUT2D eigenvalue weighted by Gasteiger charge is -2.04. The van der Waals surface area contributed by atoms with E-state index in [2.05, 4.69) is 4.99 Å². The van der Waals surface area contributed by atoms with Gasteiger partial charge >= 0.3 is 0 Å². The Bertz CT molecular complexity index is 1050. The number of carbonyl (C=O) groups is 1. The van der Waals surface area contributed by atoms with Crippen LogP contribution in [-0.4, -0.2) is 29.1 Å². The Hall–Kier alpha value is -2.84. The molecule has 1 amide bonds. The van der Waals surface area contributed by atoms with Gasteiger partial charge in [-0.1, -0.05) is 29.0 Å². The van der Waals surface area contributed by atoms with Crippen LogP contribution in [0.5, 0.6) is 0 Å². The zero-order valence-corrected chi connectivity index (χ0v) is 15.2. The van der Waals surface area contributed by atoms with Crippen molar-refractivity contribution in [2.45, 2.75) is 13.5 Å². The number of aryl methyl sites for hydroxylation is 1. The van der Waals surface area contributed by atoms with Crippen molar-refractivity contribution < 1.29 is 14.5 Å². The lowest BCUT2D eigenvalue weighted by Crippen LogP contribution is -2.19. The third-order valence-corrected chi connectivity index (χ3v) is 4.90. The van der Waals surface area contributed by atoms with Crippen molar-refractivity contribution in [2.24, 2.45) is 4.99 Å². The Morgan fingerprint density at radius 2 is 2.12 bits per heavy atom. The maximum Gasteiger partial charge on any atom is 0.279 e. The molecule has 7 nitrogen and oxygen atoms in total. The Labute approximate surface area is 153 Å². The van der Waals surface area contributed by atoms with Gasteiger partial charge in [0.05, 0.1) is 21.7 Å². The number of nitrogens with zero attached hydrogens (tertiary/aromatic N) is 3. The number of benzene rings is 2. The van der Waals surface area contributed by atoms with Crippen molar-refractivity contribution in [2.75, 3.05) is 13.7 Å². The summed E-state index contributed by atoms with van der Waals surface area (Å²) < 4.78 is 7.68. The second kappa shape index (κ2) is 7.59. The maximum atomic E-state index is 12.5. The minimum atomic E-state index is -0.437. The fraction of sp³-hybridized carbons (Fsp3) is 0.222. The average Bonchev–Trinajstić information content (AvgIpc) is 2.96. The largest absolute Gasteiger partial charge is 0.383 e. The molecular weight excluding hydrogens is 354 g/mol. The zero-order valence-electron chi connectivity index (χ0n) is 14.3. The molecule has 0 N–H and O–H groups in total. The topological polar surface area (TPSA) is 86.7 Å². The molecule has 0 bridgehead atoms. The highest BCUT2D eigenvalue weighted by molar-refractivity contribution is 7.16. The van der Waals surface area contributed by atoms with Crippen molar-refractivity contribution in [3.63, 3.8) is 0 Å². The van der Waals surface area contributed by atoms with Crippen molar-refractivity contribution in [1.82, 2.24) is 4.57 Å². The minimum Gasteiger partial charge on any atom is -0.383 e. The summed E-state index contributed by atoms with van der Waals surface area (Å²) >= 11 is 1.25. The van der Waals surface area contributed by atoms with E-state index in [4.69, 9.17) is 4.74 Å². The SMILES string of the molecule is COCCn1c(=NC(=O)c2cccc(C)c2)sc2cc([N+](=O)[O-])ccc21. The number of hydrogen-bond acceptors (Lipinski definition) is 5. The Morgan fingerprint density at radius 3 is 2.81 bits per heavy atom. The van der Waals surface area contributed by atoms with Crippen LogP contribution >= 0.6 is 11.3 Å². The molecule has 0 radical (unpaired) electrons. The highest BCUT2D eigenvalue weighted by atomic mass is 32.1. The number of nitro benzene ring substituents is 1. The highest BCUT2D eigenvalue weighted by Gasteiger charge is 2.13. The summed E-state index contributed by atoms with van der Waals surface area (Å²) in [5.41, 5.74) is 2.28. The molecular formula is C18H17N3O4S. The molecule has 0 aliphatic rings. The van der Waals surface area contributed by atoms with Gasteiger partial charge in [0.25, 0.3) is 11.6 Å². The molecule has 2 aromatic carbocycles. The molecule has 26 heavy (non-hydrogen) atoms. The predicted octanol–water partition coefficient (Wildman–Crippen LogP) is 3.31. The van der Waals surface area contributed by atoms with Gasteiger partial charge in [0.15, 0.2) is 4.80 Å². The summed E-state index contributed by atoms with van der Waals surface area (Å²) in [6, 6.07) is 11.8. The Morgan fingerprint density at radius 1 is 1.31 bits per heavy atom. The first-order valence-electron chi connectivity index (χ1n) is 7.92. The molecule has 1 aromatic heterocycles. The Kier molecular flexibility index (Phi) is 5.24. The number of fused-ring (bicyclic) bond motifs is 1. The van der Waals surface area contributed by atoms with E-state index in [1.807, 2.05) is 23.6 Å². The Balaban J connectivity index is 2.13. The van der Waals surface area contributed by atoms with Gasteiger partial charge in [0, 0.05) is 31.4 Å². The van der Waals surface area contributed by atoms with Gasteiger partial charge in [-0.2, -0.15) is 4.99 Å². The number of hydrogen-bond donors (Lipinski definition) is 0. The van der Waals surface area contributed by atoms with Crippen LogP contribution in [0.3, 0.4) is 0 Å². The van der Waals surface area contributed by atoms with E-state index in [9.17, 15) is 14.9 Å². The van der Waals surface area contributed by atoms with Gasteiger partial charge in [0.2, 0.25) is 0 Å². The van der Waals surface area contributed by atoms with Gasteiger partial charge in [0.1, 0.15) is 0 Å². The highest BCUT2D eigenvalue weighted by Crippen LogP contribution is 2.23. The molecule has 0 atom stereocenters.